The smallest absolute Gasteiger partial charge is 0.307 e. The van der Waals surface area contributed by atoms with Gasteiger partial charge in [0.25, 0.3) is 0 Å². The highest BCUT2D eigenvalue weighted by atomic mass is 16.4. The van der Waals surface area contributed by atoms with Gasteiger partial charge in [-0.3, -0.25) is 4.79 Å². The zero-order chi connectivity index (χ0) is 12.8. The minimum absolute atomic E-state index is 0.272. The summed E-state index contributed by atoms with van der Waals surface area (Å²) in [6, 6.07) is 9.92. The number of nitrogens with two attached hydrogens (primary N) is 1. The lowest BCUT2D eigenvalue weighted by molar-refractivity contribution is -0.141. The number of aliphatic carboxylic acids is 1. The van der Waals surface area contributed by atoms with E-state index in [1.807, 2.05) is 18.2 Å². The summed E-state index contributed by atoms with van der Waals surface area (Å²) < 4.78 is 0. The van der Waals surface area contributed by atoms with Crippen LogP contribution in [0, 0.1) is 11.8 Å². The molecule has 0 bridgehead atoms. The molecule has 3 N–H and O–H groups in total. The lowest BCUT2D eigenvalue weighted by Crippen LogP contribution is -2.35. The molecule has 0 saturated heterocycles. The Morgan fingerprint density at radius 3 is 2.41 bits per heavy atom. The first-order chi connectivity index (χ1) is 8.00. The zero-order valence-corrected chi connectivity index (χ0v) is 10.5. The molecule has 0 spiro atoms. The van der Waals surface area contributed by atoms with Crippen LogP contribution in [0.15, 0.2) is 30.3 Å². The van der Waals surface area contributed by atoms with Gasteiger partial charge in [0.1, 0.15) is 0 Å². The normalized spacial score (nSPS) is 16.2. The van der Waals surface area contributed by atoms with Crippen molar-refractivity contribution < 1.29 is 9.90 Å². The molecule has 3 nitrogen and oxygen atoms in total. The third-order valence-electron chi connectivity index (χ3n) is 3.13. The maximum atomic E-state index is 10.8. The molecule has 0 aliphatic heterocycles. The summed E-state index contributed by atoms with van der Waals surface area (Å²) in [7, 11) is 0. The highest BCUT2D eigenvalue weighted by Crippen LogP contribution is 2.16. The molecule has 1 aromatic rings. The second kappa shape index (κ2) is 6.40. The molecule has 0 aliphatic carbocycles. The van der Waals surface area contributed by atoms with E-state index in [2.05, 4.69) is 19.1 Å². The molecule has 94 valence electrons. The van der Waals surface area contributed by atoms with Gasteiger partial charge in [0, 0.05) is 6.04 Å². The Bertz CT molecular complexity index is 350. The molecule has 3 unspecified atom stereocenters. The molecular weight excluding hydrogens is 214 g/mol. The lowest BCUT2D eigenvalue weighted by Gasteiger charge is -2.20. The van der Waals surface area contributed by atoms with Crippen LogP contribution >= 0.6 is 0 Å². The van der Waals surface area contributed by atoms with Crippen molar-refractivity contribution in [3.05, 3.63) is 35.9 Å². The SMILES string of the molecule is CC(Cc1ccccc1)CC(N)C(C)C(=O)O. The molecule has 0 aromatic heterocycles. The standard InChI is InChI=1S/C14H21NO2/c1-10(8-12-6-4-3-5-7-12)9-13(15)11(2)14(16)17/h3-7,10-11,13H,8-9,15H2,1-2H3,(H,16,17). The number of carboxylic acids is 1. The highest BCUT2D eigenvalue weighted by molar-refractivity contribution is 5.70. The van der Waals surface area contributed by atoms with Crippen LogP contribution in [0.2, 0.25) is 0 Å². The molecule has 0 radical (unpaired) electrons. The van der Waals surface area contributed by atoms with Gasteiger partial charge in [-0.05, 0) is 24.3 Å². The fraction of sp³-hybridized carbons (Fsp3) is 0.500. The van der Waals surface area contributed by atoms with Gasteiger partial charge in [0.2, 0.25) is 0 Å². The van der Waals surface area contributed by atoms with Gasteiger partial charge in [-0.1, -0.05) is 44.2 Å². The van der Waals surface area contributed by atoms with E-state index >= 15 is 0 Å². The summed E-state index contributed by atoms with van der Waals surface area (Å²) >= 11 is 0. The van der Waals surface area contributed by atoms with Crippen LogP contribution in [0.25, 0.3) is 0 Å². The molecule has 0 saturated carbocycles. The molecular formula is C14H21NO2. The number of carboxylic acid groups (broad SMARTS) is 1. The first-order valence-electron chi connectivity index (χ1n) is 6.03. The largest absolute Gasteiger partial charge is 0.481 e. The van der Waals surface area contributed by atoms with Gasteiger partial charge >= 0.3 is 5.97 Å². The van der Waals surface area contributed by atoms with E-state index in [4.69, 9.17) is 10.8 Å². The third kappa shape index (κ3) is 4.57. The molecule has 1 aromatic carbocycles. The van der Waals surface area contributed by atoms with Crippen molar-refractivity contribution in [3.63, 3.8) is 0 Å². The van der Waals surface area contributed by atoms with E-state index in [9.17, 15) is 4.79 Å². The van der Waals surface area contributed by atoms with E-state index in [0.29, 0.717) is 5.92 Å². The second-order valence-corrected chi connectivity index (χ2v) is 4.82. The van der Waals surface area contributed by atoms with E-state index < -0.39 is 11.9 Å². The van der Waals surface area contributed by atoms with E-state index in [1.54, 1.807) is 6.92 Å². The number of hydrogen-bond donors (Lipinski definition) is 2. The molecule has 17 heavy (non-hydrogen) atoms. The van der Waals surface area contributed by atoms with Crippen LogP contribution in [0.4, 0.5) is 0 Å². The predicted octanol–water partition coefficient (Wildman–Crippen LogP) is 2.30. The summed E-state index contributed by atoms with van der Waals surface area (Å²) in [5.41, 5.74) is 7.17. The van der Waals surface area contributed by atoms with Crippen LogP contribution in [-0.2, 0) is 11.2 Å². The van der Waals surface area contributed by atoms with Crippen LogP contribution in [0.1, 0.15) is 25.8 Å². The molecule has 0 aliphatic rings. The number of rotatable bonds is 6. The minimum atomic E-state index is -0.815. The summed E-state index contributed by atoms with van der Waals surface area (Å²) in [6.07, 6.45) is 1.68. The first-order valence-corrected chi connectivity index (χ1v) is 6.03. The second-order valence-electron chi connectivity index (χ2n) is 4.82. The Labute approximate surface area is 103 Å². The van der Waals surface area contributed by atoms with Crippen molar-refractivity contribution >= 4 is 5.97 Å². The number of hydrogen-bond acceptors (Lipinski definition) is 2. The number of carbonyl (C=O) groups is 1. The van der Waals surface area contributed by atoms with Gasteiger partial charge in [0.05, 0.1) is 5.92 Å². The monoisotopic (exact) mass is 235 g/mol. The molecule has 0 amide bonds. The predicted molar refractivity (Wildman–Crippen MR) is 68.7 cm³/mol. The molecule has 3 atom stereocenters. The Kier molecular flexibility index (Phi) is 5.16. The van der Waals surface area contributed by atoms with Gasteiger partial charge in [-0.25, -0.2) is 0 Å². The van der Waals surface area contributed by atoms with Crippen molar-refractivity contribution in [2.45, 2.75) is 32.7 Å². The van der Waals surface area contributed by atoms with Gasteiger partial charge in [-0.2, -0.15) is 0 Å². The van der Waals surface area contributed by atoms with Gasteiger partial charge < -0.3 is 10.8 Å². The van der Waals surface area contributed by atoms with Crippen molar-refractivity contribution in [2.75, 3.05) is 0 Å². The van der Waals surface area contributed by atoms with E-state index in [-0.39, 0.29) is 6.04 Å². The number of benzene rings is 1. The topological polar surface area (TPSA) is 63.3 Å². The van der Waals surface area contributed by atoms with Crippen LogP contribution in [-0.4, -0.2) is 17.1 Å². The van der Waals surface area contributed by atoms with Gasteiger partial charge in [-0.15, -0.1) is 0 Å². The fourth-order valence-corrected chi connectivity index (χ4v) is 1.95. The summed E-state index contributed by atoms with van der Waals surface area (Å²) in [6.45, 7) is 3.78. The van der Waals surface area contributed by atoms with Crippen LogP contribution in [0.3, 0.4) is 0 Å². The zero-order valence-electron chi connectivity index (χ0n) is 10.5. The Balaban J connectivity index is 2.44. The van der Waals surface area contributed by atoms with Crippen LogP contribution < -0.4 is 5.73 Å². The summed E-state index contributed by atoms with van der Waals surface area (Å²) in [4.78, 5) is 10.8. The molecule has 3 heteroatoms. The lowest BCUT2D eigenvalue weighted by atomic mass is 9.89. The Morgan fingerprint density at radius 2 is 1.88 bits per heavy atom. The van der Waals surface area contributed by atoms with Crippen molar-refractivity contribution in [1.29, 1.82) is 0 Å². The minimum Gasteiger partial charge on any atom is -0.481 e. The van der Waals surface area contributed by atoms with Crippen molar-refractivity contribution in [2.24, 2.45) is 17.6 Å². The van der Waals surface area contributed by atoms with Crippen LogP contribution in [0.5, 0.6) is 0 Å². The fourth-order valence-electron chi connectivity index (χ4n) is 1.95. The Hall–Kier alpha value is -1.35. The van der Waals surface area contributed by atoms with E-state index in [0.717, 1.165) is 12.8 Å². The highest BCUT2D eigenvalue weighted by Gasteiger charge is 2.21. The molecule has 0 fully saturated rings. The summed E-state index contributed by atoms with van der Waals surface area (Å²) in [5, 5.41) is 8.88. The maximum Gasteiger partial charge on any atom is 0.307 e. The van der Waals surface area contributed by atoms with Crippen molar-refractivity contribution in [3.8, 4) is 0 Å². The van der Waals surface area contributed by atoms with Gasteiger partial charge in [0.15, 0.2) is 0 Å². The molecule has 0 heterocycles. The van der Waals surface area contributed by atoms with Crippen molar-refractivity contribution in [1.82, 2.24) is 0 Å². The molecule has 1 rings (SSSR count). The average Bonchev–Trinajstić information content (AvgIpc) is 2.28. The summed E-state index contributed by atoms with van der Waals surface area (Å²) in [5.74, 6) is -0.896. The maximum absolute atomic E-state index is 10.8. The average molecular weight is 235 g/mol. The van der Waals surface area contributed by atoms with E-state index in [1.165, 1.54) is 5.56 Å². The third-order valence-corrected chi connectivity index (χ3v) is 3.13. The first kappa shape index (κ1) is 13.7. The Morgan fingerprint density at radius 1 is 1.29 bits per heavy atom. The quantitative estimate of drug-likeness (QED) is 0.795.